The van der Waals surface area contributed by atoms with Crippen molar-refractivity contribution in [2.75, 3.05) is 11.5 Å². The van der Waals surface area contributed by atoms with Crippen LogP contribution in [-0.2, 0) is 20.2 Å². The van der Waals surface area contributed by atoms with Crippen LogP contribution in [0.25, 0.3) is 0 Å². The van der Waals surface area contributed by atoms with Gasteiger partial charge >= 0.3 is 0 Å². The largest absolute Gasteiger partial charge is 0.346 e. The maximum Gasteiger partial charge on any atom is 0.235 e. The predicted molar refractivity (Wildman–Crippen MR) is 95.8 cm³/mol. The Labute approximate surface area is 148 Å². The molecular weight excluding hydrogens is 357 g/mol. The van der Waals surface area contributed by atoms with Crippen LogP contribution in [0, 0.1) is 0 Å². The summed E-state index contributed by atoms with van der Waals surface area (Å²) in [6.07, 6.45) is 2.37. The smallest absolute Gasteiger partial charge is 0.235 e. The molecule has 0 unspecified atom stereocenters. The molecule has 4 nitrogen and oxygen atoms in total. The van der Waals surface area contributed by atoms with Crippen LogP contribution in [0.2, 0.25) is 10.0 Å². The van der Waals surface area contributed by atoms with Crippen molar-refractivity contribution in [2.45, 2.75) is 45.6 Å². The lowest BCUT2D eigenvalue weighted by atomic mass is 9.94. The van der Waals surface area contributed by atoms with Crippen molar-refractivity contribution in [2.24, 2.45) is 0 Å². The lowest BCUT2D eigenvalue weighted by molar-refractivity contribution is -0.120. The molecule has 1 N–H and O–H groups in total. The lowest BCUT2D eigenvalue weighted by Crippen LogP contribution is -2.43. The monoisotopic (exact) mass is 379 g/mol. The molecule has 1 amide bonds. The highest BCUT2D eigenvalue weighted by molar-refractivity contribution is 7.92. The molecule has 0 fully saturated rings. The first-order valence-electron chi connectivity index (χ1n) is 7.54. The van der Waals surface area contributed by atoms with Crippen molar-refractivity contribution in [1.82, 2.24) is 5.32 Å². The second kappa shape index (κ2) is 8.36. The zero-order valence-corrected chi connectivity index (χ0v) is 16.0. The molecule has 130 valence electrons. The first-order chi connectivity index (χ1) is 10.6. The first kappa shape index (κ1) is 20.3. The Morgan fingerprint density at radius 3 is 2.39 bits per heavy atom. The maximum absolute atomic E-state index is 12.1. The van der Waals surface area contributed by atoms with Crippen LogP contribution in [0.3, 0.4) is 0 Å². The van der Waals surface area contributed by atoms with E-state index < -0.39 is 27.0 Å². The van der Waals surface area contributed by atoms with Gasteiger partial charge in [0.2, 0.25) is 5.91 Å². The van der Waals surface area contributed by atoms with E-state index in [2.05, 4.69) is 5.32 Å². The van der Waals surface area contributed by atoms with E-state index in [1.807, 2.05) is 6.92 Å². The maximum atomic E-state index is 12.1. The zero-order chi connectivity index (χ0) is 17.7. The first-order valence-corrected chi connectivity index (χ1v) is 10.1. The Kier molecular flexibility index (Phi) is 7.36. The van der Waals surface area contributed by atoms with Gasteiger partial charge in [-0.2, -0.15) is 0 Å². The van der Waals surface area contributed by atoms with Crippen LogP contribution in [0.15, 0.2) is 18.2 Å². The predicted octanol–water partition coefficient (Wildman–Crippen LogP) is 3.95. The van der Waals surface area contributed by atoms with Crippen LogP contribution in [0.5, 0.6) is 0 Å². The molecule has 0 aliphatic heterocycles. The Morgan fingerprint density at radius 2 is 1.83 bits per heavy atom. The molecule has 23 heavy (non-hydrogen) atoms. The second-order valence-electron chi connectivity index (χ2n) is 6.10. The third-order valence-corrected chi connectivity index (χ3v) is 5.85. The van der Waals surface area contributed by atoms with Gasteiger partial charge in [0, 0.05) is 0 Å². The molecule has 1 aromatic rings. The summed E-state index contributed by atoms with van der Waals surface area (Å²) in [5.74, 6) is -0.972. The van der Waals surface area contributed by atoms with Crippen LogP contribution in [-0.4, -0.2) is 25.8 Å². The topological polar surface area (TPSA) is 63.2 Å². The minimum absolute atomic E-state index is 0.0431. The van der Waals surface area contributed by atoms with E-state index in [1.165, 1.54) is 0 Å². The number of sulfone groups is 1. The summed E-state index contributed by atoms with van der Waals surface area (Å²) < 4.78 is 23.9. The third kappa shape index (κ3) is 6.69. The van der Waals surface area contributed by atoms with E-state index in [1.54, 1.807) is 32.0 Å². The Morgan fingerprint density at radius 1 is 1.17 bits per heavy atom. The van der Waals surface area contributed by atoms with Gasteiger partial charge in [0.25, 0.3) is 0 Å². The summed E-state index contributed by atoms with van der Waals surface area (Å²) >= 11 is 11.9. The molecule has 0 spiro atoms. The van der Waals surface area contributed by atoms with Crippen LogP contribution >= 0.6 is 23.2 Å². The van der Waals surface area contributed by atoms with Crippen molar-refractivity contribution in [3.8, 4) is 0 Å². The van der Waals surface area contributed by atoms with Gasteiger partial charge in [-0.3, -0.25) is 4.79 Å². The minimum atomic E-state index is -3.38. The van der Waals surface area contributed by atoms with Gasteiger partial charge in [0.1, 0.15) is 5.75 Å². The molecule has 7 heteroatoms. The molecule has 0 saturated heterocycles. The standard InChI is InChI=1S/C16H23Cl2NO3S/c1-4-5-6-9-23(21,22)11-15(20)19-16(2,3)12-7-8-13(17)14(18)10-12/h7-8,10H,4-6,9,11H2,1-3H3,(H,19,20). The number of rotatable bonds is 8. The third-order valence-electron chi connectivity index (χ3n) is 3.50. The van der Waals surface area contributed by atoms with Gasteiger partial charge in [0.15, 0.2) is 9.84 Å². The van der Waals surface area contributed by atoms with E-state index in [-0.39, 0.29) is 5.75 Å². The molecule has 0 aromatic heterocycles. The number of halogens is 2. The molecule has 1 rings (SSSR count). The number of benzene rings is 1. The van der Waals surface area contributed by atoms with Gasteiger partial charge in [-0.15, -0.1) is 0 Å². The quantitative estimate of drug-likeness (QED) is 0.695. The number of carbonyl (C=O) groups excluding carboxylic acids is 1. The lowest BCUT2D eigenvalue weighted by Gasteiger charge is -2.27. The van der Waals surface area contributed by atoms with E-state index in [0.29, 0.717) is 16.5 Å². The molecular formula is C16H23Cl2NO3S. The molecule has 0 saturated carbocycles. The number of nitrogens with one attached hydrogen (secondary N) is 1. The Balaban J connectivity index is 2.73. The molecule has 0 heterocycles. The fraction of sp³-hybridized carbons (Fsp3) is 0.562. The number of hydrogen-bond acceptors (Lipinski definition) is 3. The minimum Gasteiger partial charge on any atom is -0.346 e. The summed E-state index contributed by atoms with van der Waals surface area (Å²) in [5, 5.41) is 3.56. The highest BCUT2D eigenvalue weighted by Crippen LogP contribution is 2.28. The number of unbranched alkanes of at least 4 members (excludes halogenated alkanes) is 2. The van der Waals surface area contributed by atoms with Gasteiger partial charge < -0.3 is 5.32 Å². The fourth-order valence-electron chi connectivity index (χ4n) is 2.19. The Hall–Kier alpha value is -0.780. The zero-order valence-electron chi connectivity index (χ0n) is 13.7. The average Bonchev–Trinajstić information content (AvgIpc) is 2.40. The SMILES string of the molecule is CCCCCS(=O)(=O)CC(=O)NC(C)(C)c1ccc(Cl)c(Cl)c1. The van der Waals surface area contributed by atoms with Crippen LogP contribution < -0.4 is 5.32 Å². The summed E-state index contributed by atoms with van der Waals surface area (Å²) in [4.78, 5) is 12.1. The van der Waals surface area contributed by atoms with Crippen molar-refractivity contribution in [3.05, 3.63) is 33.8 Å². The van der Waals surface area contributed by atoms with Gasteiger partial charge in [-0.25, -0.2) is 8.42 Å². The molecule has 0 bridgehead atoms. The molecule has 0 radical (unpaired) electrons. The van der Waals surface area contributed by atoms with Crippen LogP contribution in [0.4, 0.5) is 0 Å². The van der Waals surface area contributed by atoms with Gasteiger partial charge in [-0.1, -0.05) is 49.0 Å². The van der Waals surface area contributed by atoms with E-state index in [0.717, 1.165) is 18.4 Å². The van der Waals surface area contributed by atoms with Crippen molar-refractivity contribution in [3.63, 3.8) is 0 Å². The number of hydrogen-bond donors (Lipinski definition) is 1. The summed E-state index contributed by atoms with van der Waals surface area (Å²) in [5.41, 5.74) is 0.00758. The summed E-state index contributed by atoms with van der Waals surface area (Å²) in [6, 6.07) is 5.07. The van der Waals surface area contributed by atoms with Crippen molar-refractivity contribution >= 4 is 38.9 Å². The molecule has 0 aliphatic rings. The number of carbonyl (C=O) groups is 1. The average molecular weight is 380 g/mol. The van der Waals surface area contributed by atoms with Gasteiger partial charge in [0.05, 0.1) is 21.3 Å². The summed E-state index contributed by atoms with van der Waals surface area (Å²) in [7, 11) is -3.38. The van der Waals surface area contributed by atoms with E-state index in [9.17, 15) is 13.2 Å². The molecule has 0 aliphatic carbocycles. The normalized spacial score (nSPS) is 12.2. The number of amides is 1. The highest BCUT2D eigenvalue weighted by Gasteiger charge is 2.26. The van der Waals surface area contributed by atoms with Crippen molar-refractivity contribution < 1.29 is 13.2 Å². The molecule has 1 aromatic carbocycles. The van der Waals surface area contributed by atoms with Crippen LogP contribution in [0.1, 0.15) is 45.6 Å². The van der Waals surface area contributed by atoms with E-state index >= 15 is 0 Å². The van der Waals surface area contributed by atoms with Gasteiger partial charge in [-0.05, 0) is 38.0 Å². The Bertz CT molecular complexity index is 657. The highest BCUT2D eigenvalue weighted by atomic mass is 35.5. The summed E-state index contributed by atoms with van der Waals surface area (Å²) in [6.45, 7) is 5.57. The van der Waals surface area contributed by atoms with E-state index in [4.69, 9.17) is 23.2 Å². The van der Waals surface area contributed by atoms with Crippen molar-refractivity contribution in [1.29, 1.82) is 0 Å². The second-order valence-corrected chi connectivity index (χ2v) is 9.10. The fourth-order valence-corrected chi connectivity index (χ4v) is 3.74. The molecule has 0 atom stereocenters.